The zero-order valence-electron chi connectivity index (χ0n) is 9.64. The predicted octanol–water partition coefficient (Wildman–Crippen LogP) is 1.79. The summed E-state index contributed by atoms with van der Waals surface area (Å²) in [7, 11) is 0. The summed E-state index contributed by atoms with van der Waals surface area (Å²) in [6, 6.07) is 9.19. The van der Waals surface area contributed by atoms with Crippen LogP contribution >= 0.6 is 0 Å². The molecule has 2 N–H and O–H groups in total. The van der Waals surface area contributed by atoms with Crippen LogP contribution in [0.1, 0.15) is 17.5 Å². The number of nitrogens with one attached hydrogen (secondary N) is 1. The van der Waals surface area contributed by atoms with Gasteiger partial charge < -0.3 is 14.8 Å². The maximum absolute atomic E-state index is 11.7. The molecule has 1 aromatic heterocycles. The van der Waals surface area contributed by atoms with Gasteiger partial charge in [0.1, 0.15) is 5.58 Å². The van der Waals surface area contributed by atoms with Crippen molar-refractivity contribution in [1.29, 1.82) is 0 Å². The Labute approximate surface area is 99.2 Å². The second kappa shape index (κ2) is 5.01. The van der Waals surface area contributed by atoms with Crippen LogP contribution in [0, 0.1) is 5.92 Å². The largest absolute Gasteiger partial charge is 0.451 e. The van der Waals surface area contributed by atoms with Gasteiger partial charge in [-0.3, -0.25) is 4.79 Å². The number of rotatable bonds is 4. The van der Waals surface area contributed by atoms with E-state index in [1.807, 2.05) is 31.2 Å². The maximum atomic E-state index is 11.7. The molecular formula is C13H15NO3. The number of aliphatic hydroxyl groups is 1. The van der Waals surface area contributed by atoms with E-state index in [9.17, 15) is 4.79 Å². The molecule has 0 spiro atoms. The first kappa shape index (κ1) is 11.7. The normalized spacial score (nSPS) is 12.6. The first-order chi connectivity index (χ1) is 8.20. The van der Waals surface area contributed by atoms with E-state index in [-0.39, 0.29) is 18.4 Å². The average molecular weight is 233 g/mol. The third kappa shape index (κ3) is 2.65. The molecule has 1 heterocycles. The fourth-order valence-electron chi connectivity index (χ4n) is 1.51. The molecule has 0 saturated carbocycles. The number of aliphatic hydroxyl groups excluding tert-OH is 1. The van der Waals surface area contributed by atoms with Gasteiger partial charge in [0.05, 0.1) is 0 Å². The van der Waals surface area contributed by atoms with Crippen molar-refractivity contribution in [1.82, 2.24) is 5.32 Å². The highest BCUT2D eigenvalue weighted by molar-refractivity contribution is 5.96. The standard InChI is InChI=1S/C13H15NO3/c1-9(8-15)7-14-13(16)12-6-10-4-2-3-5-11(10)17-12/h2-6,9,15H,7-8H2,1H3,(H,14,16). The number of furan rings is 1. The van der Waals surface area contributed by atoms with Gasteiger partial charge in [-0.1, -0.05) is 25.1 Å². The highest BCUT2D eigenvalue weighted by atomic mass is 16.3. The third-order valence-electron chi connectivity index (χ3n) is 2.57. The maximum Gasteiger partial charge on any atom is 0.287 e. The molecule has 0 fully saturated rings. The quantitative estimate of drug-likeness (QED) is 0.846. The van der Waals surface area contributed by atoms with Crippen LogP contribution in [-0.2, 0) is 0 Å². The van der Waals surface area contributed by atoms with Crippen LogP contribution in [0.25, 0.3) is 11.0 Å². The van der Waals surface area contributed by atoms with Crippen LogP contribution in [0.3, 0.4) is 0 Å². The minimum Gasteiger partial charge on any atom is -0.451 e. The Kier molecular flexibility index (Phi) is 3.44. The van der Waals surface area contributed by atoms with E-state index in [4.69, 9.17) is 9.52 Å². The van der Waals surface area contributed by atoms with Crippen LogP contribution < -0.4 is 5.32 Å². The molecule has 2 aromatic rings. The van der Waals surface area contributed by atoms with Crippen LogP contribution in [0.15, 0.2) is 34.7 Å². The van der Waals surface area contributed by atoms with E-state index in [0.29, 0.717) is 17.9 Å². The molecule has 1 amide bonds. The zero-order chi connectivity index (χ0) is 12.3. The van der Waals surface area contributed by atoms with Crippen molar-refractivity contribution in [3.05, 3.63) is 36.1 Å². The van der Waals surface area contributed by atoms with E-state index < -0.39 is 0 Å². The second-order valence-corrected chi connectivity index (χ2v) is 4.15. The lowest BCUT2D eigenvalue weighted by atomic mass is 10.2. The molecule has 0 saturated heterocycles. The molecule has 4 nitrogen and oxygen atoms in total. The summed E-state index contributed by atoms with van der Waals surface area (Å²) >= 11 is 0. The Bertz CT molecular complexity index is 485. The fraction of sp³-hybridized carbons (Fsp3) is 0.308. The number of carbonyl (C=O) groups is 1. The molecule has 0 aliphatic heterocycles. The first-order valence-electron chi connectivity index (χ1n) is 5.58. The van der Waals surface area contributed by atoms with Gasteiger partial charge in [0.15, 0.2) is 5.76 Å². The first-order valence-corrected chi connectivity index (χ1v) is 5.58. The molecule has 17 heavy (non-hydrogen) atoms. The minimum atomic E-state index is -0.249. The number of para-hydroxylation sites is 1. The van der Waals surface area contributed by atoms with Gasteiger partial charge >= 0.3 is 0 Å². The van der Waals surface area contributed by atoms with E-state index >= 15 is 0 Å². The van der Waals surface area contributed by atoms with Gasteiger partial charge in [0.2, 0.25) is 0 Å². The lowest BCUT2D eigenvalue weighted by Crippen LogP contribution is -2.29. The van der Waals surface area contributed by atoms with E-state index in [2.05, 4.69) is 5.32 Å². The summed E-state index contributed by atoms with van der Waals surface area (Å²) < 4.78 is 5.42. The Hall–Kier alpha value is -1.81. The van der Waals surface area contributed by atoms with Crippen molar-refractivity contribution in [3.63, 3.8) is 0 Å². The molecular weight excluding hydrogens is 218 g/mol. The van der Waals surface area contributed by atoms with E-state index in [1.165, 1.54) is 0 Å². The van der Waals surface area contributed by atoms with Gasteiger partial charge in [0.25, 0.3) is 5.91 Å². The summed E-state index contributed by atoms with van der Waals surface area (Å²) in [5, 5.41) is 12.5. The molecule has 4 heteroatoms. The van der Waals surface area contributed by atoms with Gasteiger partial charge in [-0.25, -0.2) is 0 Å². The Morgan fingerprint density at radius 1 is 1.47 bits per heavy atom. The highest BCUT2D eigenvalue weighted by Gasteiger charge is 2.12. The number of hydrogen-bond donors (Lipinski definition) is 2. The van der Waals surface area contributed by atoms with Crippen molar-refractivity contribution < 1.29 is 14.3 Å². The predicted molar refractivity (Wildman–Crippen MR) is 64.8 cm³/mol. The molecule has 0 radical (unpaired) electrons. The van der Waals surface area contributed by atoms with Crippen LogP contribution in [0.4, 0.5) is 0 Å². The number of carbonyl (C=O) groups excluding carboxylic acids is 1. The molecule has 0 aliphatic carbocycles. The van der Waals surface area contributed by atoms with Gasteiger partial charge in [-0.2, -0.15) is 0 Å². The topological polar surface area (TPSA) is 62.5 Å². The average Bonchev–Trinajstić information content (AvgIpc) is 2.79. The molecule has 1 aromatic carbocycles. The summed E-state index contributed by atoms with van der Waals surface area (Å²) in [4.78, 5) is 11.7. The van der Waals surface area contributed by atoms with Crippen molar-refractivity contribution in [2.45, 2.75) is 6.92 Å². The lowest BCUT2D eigenvalue weighted by molar-refractivity contribution is 0.0916. The van der Waals surface area contributed by atoms with Crippen LogP contribution in [0.2, 0.25) is 0 Å². The molecule has 0 bridgehead atoms. The van der Waals surface area contributed by atoms with Gasteiger partial charge in [-0.15, -0.1) is 0 Å². The Morgan fingerprint density at radius 2 is 2.24 bits per heavy atom. The number of fused-ring (bicyclic) bond motifs is 1. The van der Waals surface area contributed by atoms with Crippen molar-refractivity contribution in [3.8, 4) is 0 Å². The third-order valence-corrected chi connectivity index (χ3v) is 2.57. The molecule has 90 valence electrons. The molecule has 1 atom stereocenters. The summed E-state index contributed by atoms with van der Waals surface area (Å²) in [5.41, 5.74) is 0.702. The summed E-state index contributed by atoms with van der Waals surface area (Å²) in [5.74, 6) is 0.0983. The highest BCUT2D eigenvalue weighted by Crippen LogP contribution is 2.18. The summed E-state index contributed by atoms with van der Waals surface area (Å²) in [6.45, 7) is 2.35. The Morgan fingerprint density at radius 3 is 2.94 bits per heavy atom. The fourth-order valence-corrected chi connectivity index (χ4v) is 1.51. The van der Waals surface area contributed by atoms with Crippen molar-refractivity contribution in [2.24, 2.45) is 5.92 Å². The molecule has 1 unspecified atom stereocenters. The van der Waals surface area contributed by atoms with Gasteiger partial charge in [0, 0.05) is 18.5 Å². The van der Waals surface area contributed by atoms with Crippen molar-refractivity contribution in [2.75, 3.05) is 13.2 Å². The SMILES string of the molecule is CC(CO)CNC(=O)c1cc2ccccc2o1. The Balaban J connectivity index is 2.08. The van der Waals surface area contributed by atoms with Crippen LogP contribution in [0.5, 0.6) is 0 Å². The minimum absolute atomic E-state index is 0.0447. The lowest BCUT2D eigenvalue weighted by Gasteiger charge is -2.07. The van der Waals surface area contributed by atoms with Crippen LogP contribution in [-0.4, -0.2) is 24.2 Å². The van der Waals surface area contributed by atoms with E-state index in [1.54, 1.807) is 6.07 Å². The zero-order valence-corrected chi connectivity index (χ0v) is 9.64. The molecule has 2 rings (SSSR count). The monoisotopic (exact) mass is 233 g/mol. The smallest absolute Gasteiger partial charge is 0.287 e. The number of benzene rings is 1. The van der Waals surface area contributed by atoms with Crippen molar-refractivity contribution >= 4 is 16.9 Å². The summed E-state index contributed by atoms with van der Waals surface area (Å²) in [6.07, 6.45) is 0. The molecule has 0 aliphatic rings. The number of hydrogen-bond acceptors (Lipinski definition) is 3. The van der Waals surface area contributed by atoms with E-state index in [0.717, 1.165) is 5.39 Å². The second-order valence-electron chi connectivity index (χ2n) is 4.15. The van der Waals surface area contributed by atoms with Gasteiger partial charge in [-0.05, 0) is 18.1 Å². The number of amides is 1.